The van der Waals surface area contributed by atoms with Crippen LogP contribution in [0.25, 0.3) is 10.9 Å². The maximum Gasteiger partial charge on any atom is 0.261 e. The minimum atomic E-state index is -3.40. The Morgan fingerprint density at radius 1 is 1.32 bits per heavy atom. The Bertz CT molecular complexity index is 1000. The summed E-state index contributed by atoms with van der Waals surface area (Å²) >= 11 is 1.05. The number of sulfone groups is 1. The normalized spacial score (nSPS) is 16.0. The Hall–Kier alpha value is -1.85. The fourth-order valence-corrected chi connectivity index (χ4v) is 4.41. The van der Waals surface area contributed by atoms with Crippen LogP contribution >= 0.6 is 11.8 Å². The Kier molecular flexibility index (Phi) is 5.16. The highest BCUT2D eigenvalue weighted by Gasteiger charge is 2.22. The molecule has 8 heteroatoms. The van der Waals surface area contributed by atoms with Gasteiger partial charge in [0.2, 0.25) is 0 Å². The van der Waals surface area contributed by atoms with Gasteiger partial charge in [0.15, 0.2) is 9.84 Å². The molecular weight excluding hydrogens is 358 g/mol. The summed E-state index contributed by atoms with van der Waals surface area (Å²) in [6, 6.07) is 4.52. The molecule has 1 aromatic carbocycles. The number of thiocyanates is 1. The summed E-state index contributed by atoms with van der Waals surface area (Å²) in [6.07, 6.45) is 6.21. The summed E-state index contributed by atoms with van der Waals surface area (Å²) in [6.45, 7) is 0. The molecule has 0 saturated heterocycles. The van der Waals surface area contributed by atoms with Gasteiger partial charge in [-0.15, -0.1) is 0 Å². The van der Waals surface area contributed by atoms with E-state index in [1.807, 2.05) is 5.40 Å². The van der Waals surface area contributed by atoms with E-state index >= 15 is 0 Å². The molecule has 1 aromatic heterocycles. The maximum atomic E-state index is 13.1. The molecule has 0 atom stereocenters. The molecule has 0 spiro atoms. The molecule has 25 heavy (non-hydrogen) atoms. The molecule has 0 unspecified atom stereocenters. The third-order valence-electron chi connectivity index (χ3n) is 4.58. The molecule has 0 radical (unpaired) electrons. The minimum absolute atomic E-state index is 0.0642. The van der Waals surface area contributed by atoms with E-state index in [2.05, 4.69) is 4.98 Å². The number of nitrogens with zero attached hydrogens (tertiary/aromatic N) is 3. The summed E-state index contributed by atoms with van der Waals surface area (Å²) < 4.78 is 25.3. The van der Waals surface area contributed by atoms with Gasteiger partial charge >= 0.3 is 0 Å². The van der Waals surface area contributed by atoms with Gasteiger partial charge in [0.25, 0.3) is 5.56 Å². The van der Waals surface area contributed by atoms with Crippen LogP contribution in [-0.4, -0.2) is 24.2 Å². The summed E-state index contributed by atoms with van der Waals surface area (Å²) in [7, 11) is -3.40. The largest absolute Gasteiger partial charge is 0.292 e. The number of fused-ring (bicyclic) bond motifs is 1. The van der Waals surface area contributed by atoms with E-state index < -0.39 is 9.84 Å². The SMILES string of the molecule is CS(=O)(=O)c1ccc2nc(CSC#N)n(C3CCCCC3)c(=O)c2c1. The standard InChI is InChI=1S/C17H19N3O3S2/c1-25(22,23)13-7-8-15-14(9-13)17(21)20(12-5-3-2-4-6-12)16(19-15)10-24-11-18/h7-9,12H,2-6,10H2,1H3. The van der Waals surface area contributed by atoms with Crippen LogP contribution in [-0.2, 0) is 15.6 Å². The average molecular weight is 377 g/mol. The molecule has 132 valence electrons. The van der Waals surface area contributed by atoms with Gasteiger partial charge in [-0.3, -0.25) is 9.36 Å². The quantitative estimate of drug-likeness (QED) is 0.761. The number of nitriles is 1. The fourth-order valence-electron chi connectivity index (χ4n) is 3.37. The van der Waals surface area contributed by atoms with Crippen molar-refractivity contribution in [1.82, 2.24) is 9.55 Å². The fraction of sp³-hybridized carbons (Fsp3) is 0.471. The van der Waals surface area contributed by atoms with E-state index in [-0.39, 0.29) is 16.5 Å². The number of rotatable bonds is 4. The van der Waals surface area contributed by atoms with Gasteiger partial charge in [-0.05, 0) is 42.8 Å². The summed E-state index contributed by atoms with van der Waals surface area (Å²) in [5, 5.41) is 11.2. The first-order valence-electron chi connectivity index (χ1n) is 8.18. The van der Waals surface area contributed by atoms with Crippen molar-refractivity contribution in [3.63, 3.8) is 0 Å². The summed E-state index contributed by atoms with van der Waals surface area (Å²) in [5.74, 6) is 0.925. The molecule has 1 saturated carbocycles. The van der Waals surface area contributed by atoms with Crippen LogP contribution < -0.4 is 5.56 Å². The Morgan fingerprint density at radius 2 is 2.04 bits per heavy atom. The third-order valence-corrected chi connectivity index (χ3v) is 6.22. The van der Waals surface area contributed by atoms with Crippen molar-refractivity contribution in [1.29, 1.82) is 5.26 Å². The predicted molar refractivity (Wildman–Crippen MR) is 98.1 cm³/mol. The van der Waals surface area contributed by atoms with Crippen LogP contribution in [0.2, 0.25) is 0 Å². The molecule has 2 aromatic rings. The van der Waals surface area contributed by atoms with Gasteiger partial charge in [-0.2, -0.15) is 5.26 Å². The number of hydrogen-bond acceptors (Lipinski definition) is 6. The smallest absolute Gasteiger partial charge is 0.261 e. The topological polar surface area (TPSA) is 92.8 Å². The average Bonchev–Trinajstić information content (AvgIpc) is 2.59. The zero-order valence-electron chi connectivity index (χ0n) is 13.9. The predicted octanol–water partition coefficient (Wildman–Crippen LogP) is 3.02. The molecule has 0 N–H and O–H groups in total. The maximum absolute atomic E-state index is 13.1. The van der Waals surface area contributed by atoms with Crippen molar-refractivity contribution in [2.75, 3.05) is 6.26 Å². The zero-order chi connectivity index (χ0) is 18.0. The van der Waals surface area contributed by atoms with Crippen molar-refractivity contribution < 1.29 is 8.42 Å². The van der Waals surface area contributed by atoms with Crippen molar-refractivity contribution in [2.24, 2.45) is 0 Å². The number of benzene rings is 1. The molecule has 1 aliphatic carbocycles. The van der Waals surface area contributed by atoms with Crippen LogP contribution in [0, 0.1) is 10.7 Å². The lowest BCUT2D eigenvalue weighted by molar-refractivity contribution is 0.339. The summed E-state index contributed by atoms with van der Waals surface area (Å²) in [4.78, 5) is 17.8. The lowest BCUT2D eigenvalue weighted by Crippen LogP contribution is -2.30. The molecule has 6 nitrogen and oxygen atoms in total. The van der Waals surface area contributed by atoms with Gasteiger partial charge < -0.3 is 0 Å². The third kappa shape index (κ3) is 3.72. The Morgan fingerprint density at radius 3 is 2.68 bits per heavy atom. The highest BCUT2D eigenvalue weighted by molar-refractivity contribution is 8.02. The molecule has 0 bridgehead atoms. The van der Waals surface area contributed by atoms with E-state index in [0.29, 0.717) is 22.5 Å². The Labute approximate surface area is 150 Å². The van der Waals surface area contributed by atoms with Crippen LogP contribution in [0.15, 0.2) is 27.9 Å². The molecule has 1 fully saturated rings. The number of hydrogen-bond donors (Lipinski definition) is 0. The first-order chi connectivity index (χ1) is 11.9. The molecule has 3 rings (SSSR count). The second kappa shape index (κ2) is 7.18. The summed E-state index contributed by atoms with van der Waals surface area (Å²) in [5.41, 5.74) is 0.258. The van der Waals surface area contributed by atoms with E-state index in [4.69, 9.17) is 5.26 Å². The van der Waals surface area contributed by atoms with Gasteiger partial charge in [0.1, 0.15) is 11.2 Å². The van der Waals surface area contributed by atoms with Crippen molar-refractivity contribution in [3.8, 4) is 5.40 Å². The monoisotopic (exact) mass is 377 g/mol. The van der Waals surface area contributed by atoms with E-state index in [1.54, 1.807) is 10.6 Å². The molecular formula is C17H19N3O3S2. The van der Waals surface area contributed by atoms with Gasteiger partial charge in [-0.1, -0.05) is 19.3 Å². The van der Waals surface area contributed by atoms with Crippen LogP contribution in [0.4, 0.5) is 0 Å². The highest BCUT2D eigenvalue weighted by Crippen LogP contribution is 2.29. The number of aromatic nitrogens is 2. The lowest BCUT2D eigenvalue weighted by Gasteiger charge is -2.26. The highest BCUT2D eigenvalue weighted by atomic mass is 32.2. The van der Waals surface area contributed by atoms with Gasteiger partial charge in [-0.25, -0.2) is 13.4 Å². The molecule has 0 aliphatic heterocycles. The van der Waals surface area contributed by atoms with E-state index in [0.717, 1.165) is 50.1 Å². The van der Waals surface area contributed by atoms with Gasteiger partial charge in [0.05, 0.1) is 21.6 Å². The second-order valence-corrected chi connectivity index (χ2v) is 9.10. The minimum Gasteiger partial charge on any atom is -0.292 e. The van der Waals surface area contributed by atoms with Crippen molar-refractivity contribution in [3.05, 3.63) is 34.4 Å². The Balaban J connectivity index is 2.23. The molecule has 1 heterocycles. The molecule has 1 aliphatic rings. The van der Waals surface area contributed by atoms with E-state index in [1.165, 1.54) is 12.1 Å². The first-order valence-corrected chi connectivity index (χ1v) is 11.1. The van der Waals surface area contributed by atoms with E-state index in [9.17, 15) is 13.2 Å². The molecule has 0 amide bonds. The van der Waals surface area contributed by atoms with Crippen molar-refractivity contribution >= 4 is 32.5 Å². The zero-order valence-corrected chi connectivity index (χ0v) is 15.6. The van der Waals surface area contributed by atoms with Crippen molar-refractivity contribution in [2.45, 2.75) is 48.8 Å². The van der Waals surface area contributed by atoms with Gasteiger partial charge in [0, 0.05) is 12.3 Å². The number of thioether (sulfide) groups is 1. The first kappa shape index (κ1) is 18.0. The van der Waals surface area contributed by atoms with Crippen LogP contribution in [0.1, 0.15) is 44.0 Å². The van der Waals surface area contributed by atoms with Crippen LogP contribution in [0.5, 0.6) is 0 Å². The lowest BCUT2D eigenvalue weighted by atomic mass is 9.95. The second-order valence-electron chi connectivity index (χ2n) is 6.33. The van der Waals surface area contributed by atoms with Crippen LogP contribution in [0.3, 0.4) is 0 Å².